The molecule has 30 heavy (non-hydrogen) atoms. The van der Waals surface area contributed by atoms with Gasteiger partial charge in [0.15, 0.2) is 0 Å². The predicted octanol–water partition coefficient (Wildman–Crippen LogP) is 5.31. The van der Waals surface area contributed by atoms with E-state index in [4.69, 9.17) is 9.68 Å². The molecular weight excluding hydrogens is 384 g/mol. The highest BCUT2D eigenvalue weighted by molar-refractivity contribution is 6.15. The Hall–Kier alpha value is -3.68. The van der Waals surface area contributed by atoms with E-state index in [2.05, 4.69) is 20.9 Å². The van der Waals surface area contributed by atoms with E-state index in [9.17, 15) is 9.59 Å². The number of benzene rings is 2. The summed E-state index contributed by atoms with van der Waals surface area (Å²) in [6.45, 7) is 11.6. The van der Waals surface area contributed by atoms with Gasteiger partial charge in [0.25, 0.3) is 0 Å². The Bertz CT molecular complexity index is 885. The lowest BCUT2D eigenvalue weighted by molar-refractivity contribution is 0.165. The van der Waals surface area contributed by atoms with Gasteiger partial charge < -0.3 is 0 Å². The lowest BCUT2D eigenvalue weighted by atomic mass is 10.1. The van der Waals surface area contributed by atoms with Gasteiger partial charge in [0.2, 0.25) is 0 Å². The van der Waals surface area contributed by atoms with E-state index in [-0.39, 0.29) is 0 Å². The van der Waals surface area contributed by atoms with Crippen molar-refractivity contribution in [1.29, 1.82) is 0 Å². The summed E-state index contributed by atoms with van der Waals surface area (Å²) in [5.41, 5.74) is 7.26. The van der Waals surface area contributed by atoms with E-state index in [1.807, 2.05) is 65.8 Å². The highest BCUT2D eigenvalue weighted by Crippen LogP contribution is 2.23. The van der Waals surface area contributed by atoms with E-state index < -0.39 is 12.2 Å². The highest BCUT2D eigenvalue weighted by atomic mass is 16.7. The monoisotopic (exact) mass is 410 g/mol. The normalized spacial score (nSPS) is 11.0. The molecule has 0 aliphatic heterocycles. The Morgan fingerprint density at radius 2 is 0.967 bits per heavy atom. The summed E-state index contributed by atoms with van der Waals surface area (Å²) in [7, 11) is 0. The Labute approximate surface area is 175 Å². The van der Waals surface area contributed by atoms with E-state index in [0.717, 1.165) is 45.8 Å². The lowest BCUT2D eigenvalue weighted by Crippen LogP contribution is -2.13. The largest absolute Gasteiger partial charge is 0.437 e. The smallest absolute Gasteiger partial charge is 0.298 e. The molecule has 0 fully saturated rings. The number of oxime groups is 2. The summed E-state index contributed by atoms with van der Waals surface area (Å²) in [4.78, 5) is 33.1. The van der Waals surface area contributed by atoms with Gasteiger partial charge in [-0.25, -0.2) is 9.59 Å². The number of carbonyl (C=O) groups excluding carboxylic acids is 2. The average molecular weight is 410 g/mol. The quantitative estimate of drug-likeness (QED) is 0.396. The molecule has 2 aromatic rings. The maximum Gasteiger partial charge on any atom is 0.437 e. The zero-order valence-corrected chi connectivity index (χ0v) is 18.0. The third-order valence-corrected chi connectivity index (χ3v) is 4.27. The maximum atomic E-state index is 11.8. The van der Waals surface area contributed by atoms with Crippen LogP contribution < -0.4 is 10.6 Å². The molecule has 0 atom stereocenters. The zero-order valence-electron chi connectivity index (χ0n) is 18.0. The van der Waals surface area contributed by atoms with Crippen LogP contribution in [0.5, 0.6) is 0 Å². The second kappa shape index (κ2) is 10.2. The zero-order chi connectivity index (χ0) is 22.3. The molecule has 0 bridgehead atoms. The molecule has 0 radical (unpaired) electrons. The van der Waals surface area contributed by atoms with Crippen molar-refractivity contribution in [3.8, 4) is 0 Å². The number of hydrogen-bond acceptors (Lipinski definition) is 6. The van der Waals surface area contributed by atoms with Gasteiger partial charge >= 0.3 is 12.2 Å². The second-order valence-electron chi connectivity index (χ2n) is 7.06. The van der Waals surface area contributed by atoms with Crippen molar-refractivity contribution in [2.24, 2.45) is 10.3 Å². The molecule has 0 saturated heterocycles. The summed E-state index contributed by atoms with van der Waals surface area (Å²) in [5.74, 6) is 0. The van der Waals surface area contributed by atoms with Crippen molar-refractivity contribution < 1.29 is 19.3 Å². The fraction of sp³-hybridized carbons (Fsp3) is 0.273. The van der Waals surface area contributed by atoms with Crippen molar-refractivity contribution in [3.05, 3.63) is 57.6 Å². The number of nitrogens with zero attached hydrogens (tertiary/aromatic N) is 2. The summed E-state index contributed by atoms with van der Waals surface area (Å²) >= 11 is 0. The van der Waals surface area contributed by atoms with Gasteiger partial charge in [-0.2, -0.15) is 0 Å². The minimum atomic E-state index is -0.737. The number of aryl methyl sites for hydroxylation is 6. The maximum absolute atomic E-state index is 11.8. The van der Waals surface area contributed by atoms with E-state index in [0.29, 0.717) is 11.4 Å². The first-order valence-corrected chi connectivity index (χ1v) is 9.34. The molecule has 0 aliphatic carbocycles. The van der Waals surface area contributed by atoms with Crippen LogP contribution in [0.25, 0.3) is 0 Å². The number of amides is 2. The Morgan fingerprint density at radius 1 is 0.667 bits per heavy atom. The average Bonchev–Trinajstić information content (AvgIpc) is 2.64. The minimum Gasteiger partial charge on any atom is -0.298 e. The molecule has 0 aliphatic rings. The van der Waals surface area contributed by atoms with Crippen LogP contribution in [-0.2, 0) is 9.68 Å². The van der Waals surface area contributed by atoms with Gasteiger partial charge in [0.05, 0.1) is 12.4 Å². The predicted molar refractivity (Wildman–Crippen MR) is 118 cm³/mol. The van der Waals surface area contributed by atoms with E-state index in [1.165, 1.54) is 0 Å². The van der Waals surface area contributed by atoms with Gasteiger partial charge in [-0.05, 0) is 63.8 Å². The van der Waals surface area contributed by atoms with Crippen molar-refractivity contribution in [2.75, 3.05) is 10.6 Å². The molecule has 0 spiro atoms. The van der Waals surface area contributed by atoms with Crippen LogP contribution in [-0.4, -0.2) is 24.6 Å². The third-order valence-electron chi connectivity index (χ3n) is 4.27. The first kappa shape index (κ1) is 22.6. The van der Waals surface area contributed by atoms with Gasteiger partial charge in [0, 0.05) is 11.4 Å². The van der Waals surface area contributed by atoms with Gasteiger partial charge in [-0.1, -0.05) is 45.7 Å². The van der Waals surface area contributed by atoms with Crippen LogP contribution in [0.3, 0.4) is 0 Å². The Balaban J connectivity index is 1.80. The Morgan fingerprint density at radius 3 is 1.27 bits per heavy atom. The first-order chi connectivity index (χ1) is 14.2. The van der Waals surface area contributed by atoms with E-state index >= 15 is 0 Å². The van der Waals surface area contributed by atoms with Crippen molar-refractivity contribution in [2.45, 2.75) is 41.5 Å². The molecular formula is C22H26N4O4. The molecule has 2 N–H and O–H groups in total. The number of hydrogen-bond donors (Lipinski definition) is 2. The lowest BCUT2D eigenvalue weighted by Gasteiger charge is -2.11. The van der Waals surface area contributed by atoms with Crippen LogP contribution in [0.2, 0.25) is 0 Å². The fourth-order valence-corrected chi connectivity index (χ4v) is 3.22. The van der Waals surface area contributed by atoms with Gasteiger partial charge in [-0.15, -0.1) is 0 Å². The molecule has 0 aromatic heterocycles. The number of carbonyl (C=O) groups is 2. The fourth-order valence-electron chi connectivity index (χ4n) is 3.22. The van der Waals surface area contributed by atoms with Crippen molar-refractivity contribution >= 4 is 36.0 Å². The third kappa shape index (κ3) is 6.44. The topological polar surface area (TPSA) is 101 Å². The number of nitrogens with one attached hydrogen (secondary N) is 2. The molecule has 158 valence electrons. The van der Waals surface area contributed by atoms with Crippen LogP contribution in [0.15, 0.2) is 34.6 Å². The molecule has 0 unspecified atom stereocenters. The molecule has 8 heteroatoms. The first-order valence-electron chi connectivity index (χ1n) is 9.34. The standard InChI is InChI=1S/C22H26N4O4/c1-13-9-15(3)19(16(4)10-13)25-21(27)29-23-7-8-24-30-22(28)26-20-17(5)11-14(2)12-18(20)6/h7-12H,1-6H3,(H,25,27)(H,26,28)/b23-7+,24-8+. The number of anilines is 2. The van der Waals surface area contributed by atoms with E-state index in [1.54, 1.807) is 0 Å². The van der Waals surface area contributed by atoms with Crippen LogP contribution in [0.4, 0.5) is 21.0 Å². The summed E-state index contributed by atoms with van der Waals surface area (Å²) in [5, 5.41) is 12.2. The highest BCUT2D eigenvalue weighted by Gasteiger charge is 2.10. The second-order valence-corrected chi connectivity index (χ2v) is 7.06. The van der Waals surface area contributed by atoms with Gasteiger partial charge in [0.1, 0.15) is 0 Å². The molecule has 2 aromatic carbocycles. The molecule has 0 saturated carbocycles. The summed E-state index contributed by atoms with van der Waals surface area (Å²) in [6, 6.07) is 7.84. The summed E-state index contributed by atoms with van der Waals surface area (Å²) < 4.78 is 0. The van der Waals surface area contributed by atoms with Crippen LogP contribution in [0, 0.1) is 41.5 Å². The van der Waals surface area contributed by atoms with Crippen molar-refractivity contribution in [1.82, 2.24) is 0 Å². The molecule has 0 heterocycles. The SMILES string of the molecule is Cc1cc(C)c(NC(=O)O/N=C/C=N/OC(=O)Nc2c(C)cc(C)cc2C)c(C)c1. The van der Waals surface area contributed by atoms with Crippen LogP contribution >= 0.6 is 0 Å². The van der Waals surface area contributed by atoms with Crippen molar-refractivity contribution in [3.63, 3.8) is 0 Å². The number of rotatable bonds is 5. The molecule has 2 amide bonds. The summed E-state index contributed by atoms with van der Waals surface area (Å²) in [6.07, 6.45) is 0.700. The minimum absolute atomic E-state index is 0.677. The molecule has 8 nitrogen and oxygen atoms in total. The van der Waals surface area contributed by atoms with Gasteiger partial charge in [-0.3, -0.25) is 20.3 Å². The van der Waals surface area contributed by atoms with Crippen LogP contribution in [0.1, 0.15) is 33.4 Å². The molecule has 2 rings (SSSR count). The Kier molecular flexibility index (Phi) is 7.69.